The highest BCUT2D eigenvalue weighted by atomic mass is 16.4. The van der Waals surface area contributed by atoms with E-state index >= 15 is 0 Å². The number of carboxylic acids is 1. The smallest absolute Gasteiger partial charge is 0.310 e. The van der Waals surface area contributed by atoms with Crippen molar-refractivity contribution >= 4 is 5.97 Å². The van der Waals surface area contributed by atoms with Crippen molar-refractivity contribution in [1.82, 2.24) is 0 Å². The Labute approximate surface area is 121 Å². The van der Waals surface area contributed by atoms with Gasteiger partial charge in [0, 0.05) is 12.0 Å². The Balaban J connectivity index is 2.41. The Kier molecular flexibility index (Phi) is 4.48. The number of rotatable bonds is 4. The third-order valence-corrected chi connectivity index (χ3v) is 4.77. The molecule has 1 atom stereocenters. The fourth-order valence-electron chi connectivity index (χ4n) is 3.82. The molecule has 0 spiro atoms. The molecule has 1 aromatic rings. The normalized spacial score (nSPS) is 28.3. The summed E-state index contributed by atoms with van der Waals surface area (Å²) in [6.07, 6.45) is 2.98. The quantitative estimate of drug-likeness (QED) is 0.885. The molecular formula is C17H25NO2. The average Bonchev–Trinajstić information content (AvgIpc) is 2.42. The van der Waals surface area contributed by atoms with Gasteiger partial charge >= 0.3 is 5.97 Å². The molecule has 3 nitrogen and oxygen atoms in total. The zero-order valence-electron chi connectivity index (χ0n) is 12.4. The lowest BCUT2D eigenvalue weighted by molar-refractivity contribution is -0.154. The van der Waals surface area contributed by atoms with Gasteiger partial charge in [0.15, 0.2) is 0 Å². The summed E-state index contributed by atoms with van der Waals surface area (Å²) in [6, 6.07) is 10.2. The van der Waals surface area contributed by atoms with Gasteiger partial charge in [-0.3, -0.25) is 4.79 Å². The summed E-state index contributed by atoms with van der Waals surface area (Å²) in [5.41, 5.74) is 6.46. The van der Waals surface area contributed by atoms with Gasteiger partial charge in [-0.25, -0.2) is 0 Å². The molecular weight excluding hydrogens is 250 g/mol. The topological polar surface area (TPSA) is 63.3 Å². The van der Waals surface area contributed by atoms with E-state index in [9.17, 15) is 9.90 Å². The first-order valence-corrected chi connectivity index (χ1v) is 7.51. The SMILES string of the molecule is CC(C)C(c1ccccc1)C1(C(=O)O)CCC(N)CC1. The highest BCUT2D eigenvalue weighted by Gasteiger charge is 2.49. The first kappa shape index (κ1) is 15.0. The number of carboxylic acid groups (broad SMARTS) is 1. The van der Waals surface area contributed by atoms with E-state index in [4.69, 9.17) is 5.73 Å². The molecule has 0 saturated heterocycles. The third kappa shape index (κ3) is 2.73. The summed E-state index contributed by atoms with van der Waals surface area (Å²) in [7, 11) is 0. The van der Waals surface area contributed by atoms with Crippen molar-refractivity contribution in [2.45, 2.75) is 51.5 Å². The van der Waals surface area contributed by atoms with E-state index in [1.54, 1.807) is 0 Å². The molecule has 1 aliphatic rings. The molecule has 1 saturated carbocycles. The second-order valence-corrected chi connectivity index (χ2v) is 6.43. The van der Waals surface area contributed by atoms with Gasteiger partial charge in [-0.05, 0) is 37.2 Å². The van der Waals surface area contributed by atoms with Crippen LogP contribution in [0.2, 0.25) is 0 Å². The Bertz CT molecular complexity index is 447. The van der Waals surface area contributed by atoms with Gasteiger partial charge in [0.1, 0.15) is 0 Å². The minimum absolute atomic E-state index is 0.0497. The molecule has 110 valence electrons. The van der Waals surface area contributed by atoms with Crippen LogP contribution >= 0.6 is 0 Å². The number of hydrogen-bond donors (Lipinski definition) is 2. The molecule has 3 heteroatoms. The molecule has 20 heavy (non-hydrogen) atoms. The standard InChI is InChI=1S/C17H25NO2/c1-12(2)15(13-6-4-3-5-7-13)17(16(19)20)10-8-14(18)9-11-17/h3-7,12,14-15H,8-11,18H2,1-2H3,(H,19,20). The van der Waals surface area contributed by atoms with Crippen molar-refractivity contribution < 1.29 is 9.90 Å². The summed E-state index contributed by atoms with van der Waals surface area (Å²) in [4.78, 5) is 12.1. The van der Waals surface area contributed by atoms with Gasteiger partial charge < -0.3 is 10.8 Å². The van der Waals surface area contributed by atoms with E-state index in [2.05, 4.69) is 26.0 Å². The minimum atomic E-state index is -0.661. The van der Waals surface area contributed by atoms with E-state index in [1.807, 2.05) is 18.2 Å². The van der Waals surface area contributed by atoms with E-state index in [1.165, 1.54) is 0 Å². The number of benzene rings is 1. The molecule has 0 aromatic heterocycles. The maximum Gasteiger partial charge on any atom is 0.310 e. The lowest BCUT2D eigenvalue weighted by Gasteiger charge is -2.44. The Morgan fingerprint density at radius 3 is 2.25 bits per heavy atom. The first-order chi connectivity index (χ1) is 9.47. The molecule has 2 rings (SSSR count). The van der Waals surface area contributed by atoms with Gasteiger partial charge in [-0.15, -0.1) is 0 Å². The lowest BCUT2D eigenvalue weighted by atomic mass is 9.60. The fourth-order valence-corrected chi connectivity index (χ4v) is 3.82. The number of carbonyl (C=O) groups is 1. The van der Waals surface area contributed by atoms with Crippen molar-refractivity contribution in [3.8, 4) is 0 Å². The third-order valence-electron chi connectivity index (χ3n) is 4.77. The van der Waals surface area contributed by atoms with Crippen molar-refractivity contribution in [1.29, 1.82) is 0 Å². The van der Waals surface area contributed by atoms with Crippen molar-refractivity contribution in [3.63, 3.8) is 0 Å². The molecule has 1 fully saturated rings. The van der Waals surface area contributed by atoms with Crippen LogP contribution in [0.15, 0.2) is 30.3 Å². The molecule has 0 bridgehead atoms. The van der Waals surface area contributed by atoms with Gasteiger partial charge in [-0.1, -0.05) is 44.2 Å². The van der Waals surface area contributed by atoms with Gasteiger partial charge in [-0.2, -0.15) is 0 Å². The Morgan fingerprint density at radius 1 is 1.25 bits per heavy atom. The van der Waals surface area contributed by atoms with Crippen molar-refractivity contribution in [3.05, 3.63) is 35.9 Å². The second-order valence-electron chi connectivity index (χ2n) is 6.43. The van der Waals surface area contributed by atoms with E-state index in [0.717, 1.165) is 18.4 Å². The molecule has 1 aliphatic carbocycles. The van der Waals surface area contributed by atoms with Crippen LogP contribution in [0.5, 0.6) is 0 Å². The van der Waals surface area contributed by atoms with Gasteiger partial charge in [0.2, 0.25) is 0 Å². The zero-order valence-corrected chi connectivity index (χ0v) is 12.4. The van der Waals surface area contributed by atoms with Gasteiger partial charge in [0.25, 0.3) is 0 Å². The number of hydrogen-bond acceptors (Lipinski definition) is 2. The predicted molar refractivity (Wildman–Crippen MR) is 80.5 cm³/mol. The van der Waals surface area contributed by atoms with Crippen molar-refractivity contribution in [2.75, 3.05) is 0 Å². The summed E-state index contributed by atoms with van der Waals surface area (Å²) in [5, 5.41) is 9.91. The Morgan fingerprint density at radius 2 is 1.80 bits per heavy atom. The van der Waals surface area contributed by atoms with Crippen LogP contribution in [-0.2, 0) is 4.79 Å². The summed E-state index contributed by atoms with van der Waals surface area (Å²) in [6.45, 7) is 4.24. The largest absolute Gasteiger partial charge is 0.481 e. The molecule has 1 aromatic carbocycles. The van der Waals surface area contributed by atoms with Crippen LogP contribution in [0.3, 0.4) is 0 Å². The van der Waals surface area contributed by atoms with E-state index in [0.29, 0.717) is 18.8 Å². The average molecular weight is 275 g/mol. The van der Waals surface area contributed by atoms with E-state index < -0.39 is 11.4 Å². The number of aliphatic carboxylic acids is 1. The monoisotopic (exact) mass is 275 g/mol. The lowest BCUT2D eigenvalue weighted by Crippen LogP contribution is -2.45. The summed E-state index contributed by atoms with van der Waals surface area (Å²) >= 11 is 0. The highest BCUT2D eigenvalue weighted by Crippen LogP contribution is 2.50. The molecule has 1 unspecified atom stereocenters. The van der Waals surface area contributed by atoms with Gasteiger partial charge in [0.05, 0.1) is 5.41 Å². The van der Waals surface area contributed by atoms with E-state index in [-0.39, 0.29) is 12.0 Å². The molecule has 0 aliphatic heterocycles. The zero-order chi connectivity index (χ0) is 14.8. The fraction of sp³-hybridized carbons (Fsp3) is 0.588. The summed E-state index contributed by atoms with van der Waals surface area (Å²) in [5.74, 6) is -0.316. The Hall–Kier alpha value is -1.35. The minimum Gasteiger partial charge on any atom is -0.481 e. The number of nitrogens with two attached hydrogens (primary N) is 1. The van der Waals surface area contributed by atoms with Crippen molar-refractivity contribution in [2.24, 2.45) is 17.1 Å². The van der Waals surface area contributed by atoms with Crippen LogP contribution in [0, 0.1) is 11.3 Å². The van der Waals surface area contributed by atoms with Crippen LogP contribution < -0.4 is 5.73 Å². The van der Waals surface area contributed by atoms with Crippen LogP contribution in [0.4, 0.5) is 0 Å². The predicted octanol–water partition coefficient (Wildman–Crippen LogP) is 3.40. The molecule has 0 radical (unpaired) electrons. The molecule has 3 N–H and O–H groups in total. The highest BCUT2D eigenvalue weighted by molar-refractivity contribution is 5.76. The van der Waals surface area contributed by atoms with Crippen LogP contribution in [0.1, 0.15) is 51.0 Å². The second kappa shape index (κ2) is 5.96. The van der Waals surface area contributed by atoms with Crippen LogP contribution in [0.25, 0.3) is 0 Å². The summed E-state index contributed by atoms with van der Waals surface area (Å²) < 4.78 is 0. The first-order valence-electron chi connectivity index (χ1n) is 7.51. The molecule has 0 heterocycles. The van der Waals surface area contributed by atoms with Crippen LogP contribution in [-0.4, -0.2) is 17.1 Å². The maximum atomic E-state index is 12.1. The molecule has 0 amide bonds. The maximum absolute atomic E-state index is 12.1.